The molecule has 0 unspecified atom stereocenters. The Morgan fingerprint density at radius 3 is 2.17 bits per heavy atom. The maximum atomic E-state index is 11.3. The van der Waals surface area contributed by atoms with Crippen LogP contribution in [0.4, 0.5) is 21.2 Å². The number of nitrogens with zero attached hydrogens (tertiary/aromatic N) is 5. The summed E-state index contributed by atoms with van der Waals surface area (Å²) in [7, 11) is 2.52. The van der Waals surface area contributed by atoms with Crippen LogP contribution in [0.15, 0.2) is 42.7 Å². The fraction of sp³-hybridized carbons (Fsp3) is 0.346. The number of hydrogen-bond acceptors (Lipinski definition) is 11. The van der Waals surface area contributed by atoms with E-state index in [4.69, 9.17) is 22.1 Å². The molecule has 2 aromatic heterocycles. The summed E-state index contributed by atoms with van der Waals surface area (Å²) in [5, 5.41) is 29.5. The average molecular weight is 571 g/mol. The van der Waals surface area contributed by atoms with E-state index in [2.05, 4.69) is 60.4 Å². The summed E-state index contributed by atoms with van der Waals surface area (Å²) in [6, 6.07) is 10.5. The molecule has 0 aliphatic heterocycles. The largest absolute Gasteiger partial charge is 0.490 e. The summed E-state index contributed by atoms with van der Waals surface area (Å²) in [6.45, 7) is 6.45. The summed E-state index contributed by atoms with van der Waals surface area (Å²) in [6.07, 6.45) is 2.47. The first-order chi connectivity index (χ1) is 19.0. The summed E-state index contributed by atoms with van der Waals surface area (Å²) in [5.41, 5.74) is 7.61. The molecule has 212 valence electrons. The Hall–Kier alpha value is -4.54. The molecule has 40 heavy (non-hydrogen) atoms. The first kappa shape index (κ1) is 31.7. The third-order valence-electron chi connectivity index (χ3n) is 4.97. The van der Waals surface area contributed by atoms with Crippen LogP contribution in [0.5, 0.6) is 5.75 Å². The highest BCUT2D eigenvalue weighted by Crippen LogP contribution is 2.28. The zero-order chi connectivity index (χ0) is 29.7. The Morgan fingerprint density at radius 1 is 1.02 bits per heavy atom. The summed E-state index contributed by atoms with van der Waals surface area (Å²) in [4.78, 5) is 22.0. The van der Waals surface area contributed by atoms with Gasteiger partial charge in [0.15, 0.2) is 11.6 Å². The van der Waals surface area contributed by atoms with E-state index in [0.717, 1.165) is 12.0 Å². The quantitative estimate of drug-likeness (QED) is 0.342. The number of rotatable bonds is 8. The van der Waals surface area contributed by atoms with Crippen molar-refractivity contribution in [3.63, 3.8) is 0 Å². The van der Waals surface area contributed by atoms with Crippen LogP contribution in [-0.4, -0.2) is 58.9 Å². The number of ether oxygens (including phenoxy) is 3. The van der Waals surface area contributed by atoms with Gasteiger partial charge in [0.2, 0.25) is 0 Å². The molecular formula is C26H31ClN8O5. The van der Waals surface area contributed by atoms with Gasteiger partial charge in [0, 0.05) is 17.2 Å². The number of benzene rings is 1. The highest BCUT2D eigenvalue weighted by Gasteiger charge is 2.22. The van der Waals surface area contributed by atoms with E-state index < -0.39 is 17.7 Å². The molecule has 0 bridgehead atoms. The molecule has 2 heterocycles. The number of nitriles is 1. The van der Waals surface area contributed by atoms with Crippen molar-refractivity contribution in [1.29, 1.82) is 5.26 Å². The van der Waals surface area contributed by atoms with Crippen molar-refractivity contribution in [3.05, 3.63) is 53.3 Å². The number of carbonyl (C=O) groups is 2. The van der Waals surface area contributed by atoms with Crippen molar-refractivity contribution in [3.8, 4) is 22.9 Å². The van der Waals surface area contributed by atoms with E-state index in [1.54, 1.807) is 24.4 Å². The number of methoxy groups -OCH3 is 2. The number of hydrogen-bond donors (Lipinski definition) is 3. The van der Waals surface area contributed by atoms with Crippen LogP contribution in [0, 0.1) is 17.2 Å². The van der Waals surface area contributed by atoms with Crippen molar-refractivity contribution in [2.45, 2.75) is 32.7 Å². The van der Waals surface area contributed by atoms with Crippen molar-refractivity contribution >= 4 is 35.4 Å². The lowest BCUT2D eigenvalue weighted by atomic mass is 9.93. The predicted molar refractivity (Wildman–Crippen MR) is 149 cm³/mol. The van der Waals surface area contributed by atoms with Gasteiger partial charge in [-0.15, -0.1) is 10.2 Å². The van der Waals surface area contributed by atoms with Gasteiger partial charge in [-0.05, 0) is 43.0 Å². The van der Waals surface area contributed by atoms with E-state index >= 15 is 0 Å². The summed E-state index contributed by atoms with van der Waals surface area (Å²) < 4.78 is 14.7. The van der Waals surface area contributed by atoms with Crippen LogP contribution in [0.1, 0.15) is 32.8 Å². The minimum atomic E-state index is -0.640. The van der Waals surface area contributed by atoms with Crippen molar-refractivity contribution in [2.75, 3.05) is 31.5 Å². The Labute approximate surface area is 237 Å². The Bertz CT molecular complexity index is 1350. The molecule has 4 N–H and O–H groups in total. The Morgan fingerprint density at radius 2 is 1.62 bits per heavy atom. The molecule has 0 fully saturated rings. The minimum absolute atomic E-state index is 0.246. The van der Waals surface area contributed by atoms with Crippen LogP contribution < -0.4 is 21.1 Å². The van der Waals surface area contributed by atoms with E-state index in [0.29, 0.717) is 34.4 Å². The molecule has 0 radical (unpaired) electrons. The van der Waals surface area contributed by atoms with Crippen molar-refractivity contribution in [2.24, 2.45) is 11.7 Å². The molecule has 0 saturated carbocycles. The second kappa shape index (κ2) is 15.2. The number of carbonyl (C=O) groups excluding carboxylic acids is 2. The number of halogens is 1. The molecule has 3 rings (SSSR count). The Kier molecular flexibility index (Phi) is 12.0. The molecule has 0 aliphatic rings. The van der Waals surface area contributed by atoms with E-state index in [1.165, 1.54) is 26.5 Å². The zero-order valence-corrected chi connectivity index (χ0v) is 23.5. The molecule has 13 nitrogen and oxygen atoms in total. The van der Waals surface area contributed by atoms with Crippen LogP contribution >= 0.6 is 11.6 Å². The monoisotopic (exact) mass is 570 g/mol. The van der Waals surface area contributed by atoms with Gasteiger partial charge >= 0.3 is 12.2 Å². The molecular weight excluding hydrogens is 540 g/mol. The zero-order valence-electron chi connectivity index (χ0n) is 22.8. The highest BCUT2D eigenvalue weighted by atomic mass is 35.5. The summed E-state index contributed by atoms with van der Waals surface area (Å²) >= 11 is 5.58. The lowest BCUT2D eigenvalue weighted by Gasteiger charge is -2.26. The lowest BCUT2D eigenvalue weighted by Crippen LogP contribution is -2.43. The minimum Gasteiger partial charge on any atom is -0.490 e. The van der Waals surface area contributed by atoms with Crippen molar-refractivity contribution < 1.29 is 23.8 Å². The Balaban J connectivity index is 0.000000389. The van der Waals surface area contributed by atoms with Gasteiger partial charge < -0.3 is 19.9 Å². The van der Waals surface area contributed by atoms with E-state index in [-0.39, 0.29) is 11.6 Å². The topological polar surface area (TPSA) is 187 Å². The highest BCUT2D eigenvalue weighted by molar-refractivity contribution is 6.30. The van der Waals surface area contributed by atoms with E-state index in [9.17, 15) is 14.9 Å². The van der Waals surface area contributed by atoms with Gasteiger partial charge in [0.1, 0.15) is 18.4 Å². The molecule has 1 aromatic carbocycles. The average Bonchev–Trinajstić information content (AvgIpc) is 2.91. The fourth-order valence-corrected chi connectivity index (χ4v) is 3.60. The molecule has 3 aromatic rings. The lowest BCUT2D eigenvalue weighted by molar-refractivity contribution is 0.186. The van der Waals surface area contributed by atoms with Gasteiger partial charge in [-0.3, -0.25) is 10.6 Å². The first-order valence-electron chi connectivity index (χ1n) is 11.9. The predicted octanol–water partition coefficient (Wildman–Crippen LogP) is 4.64. The molecule has 0 aliphatic carbocycles. The molecule has 1 atom stereocenters. The van der Waals surface area contributed by atoms with Gasteiger partial charge in [0.05, 0.1) is 37.2 Å². The second-order valence-electron chi connectivity index (χ2n) is 9.19. The summed E-state index contributed by atoms with van der Waals surface area (Å²) in [5.74, 6) is 1.43. The van der Waals surface area contributed by atoms with Gasteiger partial charge in [-0.2, -0.15) is 15.5 Å². The van der Waals surface area contributed by atoms with Gasteiger partial charge in [-0.25, -0.2) is 9.59 Å². The maximum absolute atomic E-state index is 11.3. The third kappa shape index (κ3) is 10.7. The molecule has 0 spiro atoms. The van der Waals surface area contributed by atoms with E-state index in [1.807, 2.05) is 13.0 Å². The van der Waals surface area contributed by atoms with Crippen LogP contribution in [-0.2, 0) is 9.47 Å². The standard InChI is InChI=1S/C20H25N5O3.C6H6ClN3O2/c1-13(2)9-20(3,22)12-28-17-6-5-14(7-15(17)10-21)16-8-18(25-23-11-16)24-19(26)27-4;1-12-6(11)9-5-2-4(7)3-8-10-5/h5-8,11,13H,9,12,22H2,1-4H3,(H,24,25,26);2-3H,1H3,(H,9,10,11)/t20-;/m0./s1. The normalized spacial score (nSPS) is 11.7. The van der Waals surface area contributed by atoms with Crippen LogP contribution in [0.25, 0.3) is 11.1 Å². The maximum Gasteiger partial charge on any atom is 0.412 e. The van der Waals surface area contributed by atoms with Crippen molar-refractivity contribution in [1.82, 2.24) is 20.4 Å². The number of nitrogens with one attached hydrogen (secondary N) is 2. The number of aromatic nitrogens is 4. The molecule has 14 heteroatoms. The molecule has 0 saturated heterocycles. The smallest absolute Gasteiger partial charge is 0.412 e. The third-order valence-corrected chi connectivity index (χ3v) is 5.18. The number of anilines is 2. The van der Waals surface area contributed by atoms with Crippen LogP contribution in [0.3, 0.4) is 0 Å². The van der Waals surface area contributed by atoms with Gasteiger partial charge in [-0.1, -0.05) is 31.5 Å². The fourth-order valence-electron chi connectivity index (χ4n) is 3.46. The SMILES string of the molecule is COC(=O)Nc1cc(-c2ccc(OC[C@@](C)(N)CC(C)C)c(C#N)c2)cnn1.COC(=O)Nc1cc(Cl)cnn1. The molecule has 2 amide bonds. The first-order valence-corrected chi connectivity index (χ1v) is 12.3. The number of amides is 2. The second-order valence-corrected chi connectivity index (χ2v) is 9.62. The van der Waals surface area contributed by atoms with Crippen LogP contribution in [0.2, 0.25) is 5.02 Å². The number of nitrogens with two attached hydrogens (primary N) is 1. The van der Waals surface area contributed by atoms with Gasteiger partial charge in [0.25, 0.3) is 0 Å².